The van der Waals surface area contributed by atoms with Gasteiger partial charge in [-0.2, -0.15) is 5.10 Å². The fourth-order valence-electron chi connectivity index (χ4n) is 2.21. The molecule has 1 saturated heterocycles. The largest absolute Gasteiger partial charge is 0.379 e. The molecule has 2 aromatic rings. The van der Waals surface area contributed by atoms with Crippen LogP contribution in [0.2, 0.25) is 5.02 Å². The third-order valence-electron chi connectivity index (χ3n) is 3.34. The predicted molar refractivity (Wildman–Crippen MR) is 77.3 cm³/mol. The van der Waals surface area contributed by atoms with E-state index >= 15 is 0 Å². The van der Waals surface area contributed by atoms with Crippen LogP contribution >= 0.6 is 11.6 Å². The SMILES string of the molecule is NC1COCC1C(=O)Nc1cc(Cl)ccc1-n1cncn1. The lowest BCUT2D eigenvalue weighted by molar-refractivity contribution is -0.120. The highest BCUT2D eigenvalue weighted by molar-refractivity contribution is 6.31. The number of amides is 1. The third-order valence-corrected chi connectivity index (χ3v) is 3.58. The molecule has 1 aliphatic rings. The second kappa shape index (κ2) is 5.80. The van der Waals surface area contributed by atoms with Crippen LogP contribution in [0, 0.1) is 5.92 Å². The van der Waals surface area contributed by atoms with Gasteiger partial charge in [-0.25, -0.2) is 9.67 Å². The highest BCUT2D eigenvalue weighted by atomic mass is 35.5. The summed E-state index contributed by atoms with van der Waals surface area (Å²) < 4.78 is 6.77. The van der Waals surface area contributed by atoms with Crippen LogP contribution in [0.15, 0.2) is 30.9 Å². The minimum atomic E-state index is -0.368. The number of rotatable bonds is 3. The molecule has 2 unspecified atom stereocenters. The van der Waals surface area contributed by atoms with E-state index in [2.05, 4.69) is 15.4 Å². The Morgan fingerprint density at radius 2 is 2.33 bits per heavy atom. The molecule has 3 N–H and O–H groups in total. The van der Waals surface area contributed by atoms with Crippen LogP contribution in [0.1, 0.15) is 0 Å². The molecule has 1 aromatic carbocycles. The zero-order valence-corrected chi connectivity index (χ0v) is 11.8. The maximum absolute atomic E-state index is 12.3. The fourth-order valence-corrected chi connectivity index (χ4v) is 2.38. The van der Waals surface area contributed by atoms with E-state index in [1.54, 1.807) is 29.2 Å². The molecular weight excluding hydrogens is 294 g/mol. The van der Waals surface area contributed by atoms with Gasteiger partial charge in [0.05, 0.1) is 30.5 Å². The lowest BCUT2D eigenvalue weighted by Crippen LogP contribution is -2.37. The van der Waals surface area contributed by atoms with Crippen molar-refractivity contribution in [1.82, 2.24) is 14.8 Å². The van der Waals surface area contributed by atoms with E-state index in [1.807, 2.05) is 0 Å². The average molecular weight is 308 g/mol. The smallest absolute Gasteiger partial charge is 0.231 e. The highest BCUT2D eigenvalue weighted by Crippen LogP contribution is 2.25. The maximum atomic E-state index is 12.3. The molecule has 1 amide bonds. The van der Waals surface area contributed by atoms with Gasteiger partial charge in [0, 0.05) is 11.1 Å². The molecule has 2 atom stereocenters. The van der Waals surface area contributed by atoms with Gasteiger partial charge in [-0.1, -0.05) is 11.6 Å². The van der Waals surface area contributed by atoms with E-state index in [9.17, 15) is 4.79 Å². The summed E-state index contributed by atoms with van der Waals surface area (Å²) in [4.78, 5) is 16.2. The molecule has 0 bridgehead atoms. The molecule has 21 heavy (non-hydrogen) atoms. The first kappa shape index (κ1) is 14.0. The van der Waals surface area contributed by atoms with Gasteiger partial charge in [-0.3, -0.25) is 4.79 Å². The van der Waals surface area contributed by atoms with E-state index in [0.717, 1.165) is 0 Å². The van der Waals surface area contributed by atoms with Gasteiger partial charge in [-0.05, 0) is 18.2 Å². The summed E-state index contributed by atoms with van der Waals surface area (Å²) in [5, 5.41) is 7.41. The van der Waals surface area contributed by atoms with Gasteiger partial charge in [0.15, 0.2) is 0 Å². The predicted octanol–water partition coefficient (Wildman–Crippen LogP) is 0.833. The van der Waals surface area contributed by atoms with Crippen LogP contribution in [0.3, 0.4) is 0 Å². The van der Waals surface area contributed by atoms with Crippen molar-refractivity contribution in [3.8, 4) is 5.69 Å². The van der Waals surface area contributed by atoms with E-state index in [-0.39, 0.29) is 17.9 Å². The highest BCUT2D eigenvalue weighted by Gasteiger charge is 2.31. The fraction of sp³-hybridized carbons (Fsp3) is 0.308. The Balaban J connectivity index is 1.87. The van der Waals surface area contributed by atoms with Gasteiger partial charge in [0.2, 0.25) is 5.91 Å². The molecule has 1 fully saturated rings. The van der Waals surface area contributed by atoms with Crippen LogP contribution in [-0.4, -0.2) is 39.9 Å². The van der Waals surface area contributed by atoms with Crippen LogP contribution in [-0.2, 0) is 9.53 Å². The Hall–Kier alpha value is -1.96. The molecule has 0 saturated carbocycles. The van der Waals surface area contributed by atoms with Crippen molar-refractivity contribution < 1.29 is 9.53 Å². The molecular formula is C13H14ClN5O2. The summed E-state index contributed by atoms with van der Waals surface area (Å²) in [6.07, 6.45) is 2.96. The number of halogens is 1. The first-order chi connectivity index (χ1) is 10.1. The summed E-state index contributed by atoms with van der Waals surface area (Å²) in [6, 6.07) is 4.85. The van der Waals surface area contributed by atoms with Gasteiger partial charge in [0.1, 0.15) is 12.7 Å². The van der Waals surface area contributed by atoms with Gasteiger partial charge in [-0.15, -0.1) is 0 Å². The van der Waals surface area contributed by atoms with Crippen molar-refractivity contribution in [2.45, 2.75) is 6.04 Å². The molecule has 0 radical (unpaired) electrons. The summed E-state index contributed by atoms with van der Waals surface area (Å²) in [7, 11) is 0. The number of nitrogens with zero attached hydrogens (tertiary/aromatic N) is 3. The molecule has 0 spiro atoms. The quantitative estimate of drug-likeness (QED) is 0.876. The molecule has 1 aromatic heterocycles. The summed E-state index contributed by atoms with van der Waals surface area (Å²) in [5.41, 5.74) is 7.09. The average Bonchev–Trinajstić information content (AvgIpc) is 3.10. The van der Waals surface area contributed by atoms with Crippen molar-refractivity contribution >= 4 is 23.2 Å². The van der Waals surface area contributed by atoms with Crippen LogP contribution in [0.5, 0.6) is 0 Å². The normalized spacial score (nSPS) is 21.4. The lowest BCUT2D eigenvalue weighted by Gasteiger charge is -2.16. The number of carbonyl (C=O) groups is 1. The summed E-state index contributed by atoms with van der Waals surface area (Å²) >= 11 is 6.00. The standard InChI is InChI=1S/C13H14ClN5O2/c14-8-1-2-12(19-7-16-6-17-19)11(3-8)18-13(20)9-4-21-5-10(9)15/h1-3,6-7,9-10H,4-5,15H2,(H,18,20). The zero-order chi connectivity index (χ0) is 14.8. The number of hydrogen-bond acceptors (Lipinski definition) is 5. The molecule has 7 nitrogen and oxygen atoms in total. The number of nitrogens with two attached hydrogens (primary N) is 1. The van der Waals surface area contributed by atoms with E-state index in [4.69, 9.17) is 22.1 Å². The Bertz CT molecular complexity index is 646. The maximum Gasteiger partial charge on any atom is 0.231 e. The van der Waals surface area contributed by atoms with Gasteiger partial charge < -0.3 is 15.8 Å². The number of aromatic nitrogens is 3. The van der Waals surface area contributed by atoms with Crippen LogP contribution in [0.25, 0.3) is 5.69 Å². The molecule has 8 heteroatoms. The van der Waals surface area contributed by atoms with Crippen molar-refractivity contribution in [2.75, 3.05) is 18.5 Å². The lowest BCUT2D eigenvalue weighted by atomic mass is 10.0. The molecule has 1 aliphatic heterocycles. The first-order valence-electron chi connectivity index (χ1n) is 6.44. The Morgan fingerprint density at radius 3 is 3.00 bits per heavy atom. The number of ether oxygens (including phenoxy) is 1. The van der Waals surface area contributed by atoms with Gasteiger partial charge in [0.25, 0.3) is 0 Å². The Kier molecular flexibility index (Phi) is 3.87. The van der Waals surface area contributed by atoms with Crippen molar-refractivity contribution in [3.05, 3.63) is 35.9 Å². The summed E-state index contributed by atoms with van der Waals surface area (Å²) in [5.74, 6) is -0.559. The van der Waals surface area contributed by atoms with Crippen molar-refractivity contribution in [3.63, 3.8) is 0 Å². The number of carbonyl (C=O) groups excluding carboxylic acids is 1. The molecule has 3 rings (SSSR count). The Morgan fingerprint density at radius 1 is 1.48 bits per heavy atom. The first-order valence-corrected chi connectivity index (χ1v) is 6.81. The summed E-state index contributed by atoms with van der Waals surface area (Å²) in [6.45, 7) is 0.718. The van der Waals surface area contributed by atoms with Crippen LogP contribution in [0.4, 0.5) is 5.69 Å². The second-order valence-electron chi connectivity index (χ2n) is 4.80. The van der Waals surface area contributed by atoms with Crippen molar-refractivity contribution in [1.29, 1.82) is 0 Å². The minimum Gasteiger partial charge on any atom is -0.379 e. The number of nitrogens with one attached hydrogen (secondary N) is 1. The van der Waals surface area contributed by atoms with E-state index < -0.39 is 0 Å². The topological polar surface area (TPSA) is 95.1 Å². The molecule has 110 valence electrons. The second-order valence-corrected chi connectivity index (χ2v) is 5.24. The van der Waals surface area contributed by atoms with Crippen LogP contribution < -0.4 is 11.1 Å². The molecule has 2 heterocycles. The van der Waals surface area contributed by atoms with Gasteiger partial charge >= 0.3 is 0 Å². The van der Waals surface area contributed by atoms with E-state index in [1.165, 1.54) is 6.33 Å². The monoisotopic (exact) mass is 307 g/mol. The number of anilines is 1. The molecule has 0 aliphatic carbocycles. The minimum absolute atomic E-state index is 0.191. The third kappa shape index (κ3) is 2.90. The van der Waals surface area contributed by atoms with E-state index in [0.29, 0.717) is 29.6 Å². The van der Waals surface area contributed by atoms with Crippen molar-refractivity contribution in [2.24, 2.45) is 11.7 Å². The zero-order valence-electron chi connectivity index (χ0n) is 11.1. The number of hydrogen-bond donors (Lipinski definition) is 2. The Labute approximate surface area is 126 Å². The number of benzene rings is 1.